The standard InChI is InChI=1S/C38H30N4/c1-4-15-38(16-5-1)35-9-3-2-7-34(35)37-33(8-6-10-36(37)38)27-13-11-26(12-14-27)28-17-29(31-20-39-24-40-21-31)19-30(18-28)32-22-41-25-42-23-32/h2-3,6-14,17-25H,1,4-5,15-16H2. The number of benzene rings is 4. The molecule has 1 spiro atoms. The first-order valence-electron chi connectivity index (χ1n) is 14.8. The van der Waals surface area contributed by atoms with Crippen LogP contribution in [0.3, 0.4) is 0 Å². The average Bonchev–Trinajstić information content (AvgIpc) is 3.35. The molecule has 2 aromatic heterocycles. The number of hydrogen-bond acceptors (Lipinski definition) is 4. The molecule has 0 saturated heterocycles. The van der Waals surface area contributed by atoms with Crippen LogP contribution in [0.15, 0.2) is 122 Å². The molecule has 0 bridgehead atoms. The monoisotopic (exact) mass is 542 g/mol. The van der Waals surface area contributed by atoms with Crippen LogP contribution in [-0.4, -0.2) is 19.9 Å². The molecule has 1 saturated carbocycles. The molecule has 2 heterocycles. The molecule has 0 amide bonds. The van der Waals surface area contributed by atoms with E-state index in [4.69, 9.17) is 0 Å². The van der Waals surface area contributed by atoms with Crippen molar-refractivity contribution in [2.75, 3.05) is 0 Å². The Morgan fingerprint density at radius 3 is 1.60 bits per heavy atom. The van der Waals surface area contributed by atoms with E-state index in [-0.39, 0.29) is 5.41 Å². The Labute approximate surface area is 246 Å². The van der Waals surface area contributed by atoms with E-state index in [1.807, 2.05) is 24.8 Å². The quantitative estimate of drug-likeness (QED) is 0.223. The van der Waals surface area contributed by atoms with Crippen LogP contribution in [0, 0.1) is 0 Å². The van der Waals surface area contributed by atoms with Gasteiger partial charge >= 0.3 is 0 Å². The first-order chi connectivity index (χ1) is 20.8. The number of hydrogen-bond donors (Lipinski definition) is 0. The number of aromatic nitrogens is 4. The summed E-state index contributed by atoms with van der Waals surface area (Å²) in [6.45, 7) is 0. The van der Waals surface area contributed by atoms with Crippen molar-refractivity contribution in [3.05, 3.63) is 133 Å². The Hall–Kier alpha value is -4.96. The third kappa shape index (κ3) is 4.06. The summed E-state index contributed by atoms with van der Waals surface area (Å²) in [5, 5.41) is 0. The summed E-state index contributed by atoms with van der Waals surface area (Å²) in [6.07, 6.45) is 17.0. The Bertz CT molecular complexity index is 1830. The summed E-state index contributed by atoms with van der Waals surface area (Å²) < 4.78 is 0. The highest BCUT2D eigenvalue weighted by Crippen LogP contribution is 2.57. The van der Waals surface area contributed by atoms with Gasteiger partial charge in [-0.1, -0.05) is 86.0 Å². The van der Waals surface area contributed by atoms with E-state index in [0.29, 0.717) is 0 Å². The first kappa shape index (κ1) is 24.8. The van der Waals surface area contributed by atoms with Crippen molar-refractivity contribution < 1.29 is 0 Å². The molecular formula is C38H30N4. The Kier molecular flexibility index (Phi) is 5.99. The van der Waals surface area contributed by atoms with Crippen molar-refractivity contribution in [3.63, 3.8) is 0 Å². The fourth-order valence-corrected chi connectivity index (χ4v) is 7.31. The number of rotatable bonds is 4. The maximum absolute atomic E-state index is 4.25. The zero-order valence-electron chi connectivity index (χ0n) is 23.4. The fraction of sp³-hybridized carbons (Fsp3) is 0.158. The van der Waals surface area contributed by atoms with E-state index in [9.17, 15) is 0 Å². The summed E-state index contributed by atoms with van der Waals surface area (Å²) in [5.41, 5.74) is 15.0. The van der Waals surface area contributed by atoms with Gasteiger partial charge in [0.2, 0.25) is 0 Å². The normalized spacial score (nSPS) is 14.9. The van der Waals surface area contributed by atoms with E-state index < -0.39 is 0 Å². The van der Waals surface area contributed by atoms with Gasteiger partial charge < -0.3 is 0 Å². The van der Waals surface area contributed by atoms with Gasteiger partial charge in [0.05, 0.1) is 0 Å². The minimum absolute atomic E-state index is 0.166. The molecule has 4 aromatic carbocycles. The predicted molar refractivity (Wildman–Crippen MR) is 169 cm³/mol. The molecular weight excluding hydrogens is 512 g/mol. The molecule has 2 aliphatic rings. The summed E-state index contributed by atoms with van der Waals surface area (Å²) >= 11 is 0. The molecule has 0 aliphatic heterocycles. The van der Waals surface area contributed by atoms with Crippen LogP contribution < -0.4 is 0 Å². The molecule has 0 unspecified atom stereocenters. The molecule has 0 N–H and O–H groups in total. The maximum atomic E-state index is 4.25. The molecule has 2 aliphatic carbocycles. The van der Waals surface area contributed by atoms with Crippen LogP contribution in [0.1, 0.15) is 43.2 Å². The van der Waals surface area contributed by atoms with E-state index in [2.05, 4.69) is 105 Å². The van der Waals surface area contributed by atoms with Gasteiger partial charge in [-0.25, -0.2) is 19.9 Å². The molecule has 4 heteroatoms. The molecule has 4 nitrogen and oxygen atoms in total. The Morgan fingerprint density at radius 1 is 0.429 bits per heavy atom. The average molecular weight is 543 g/mol. The third-order valence-corrected chi connectivity index (χ3v) is 9.25. The second-order valence-corrected chi connectivity index (χ2v) is 11.5. The van der Waals surface area contributed by atoms with Crippen LogP contribution in [-0.2, 0) is 5.41 Å². The molecule has 0 atom stereocenters. The van der Waals surface area contributed by atoms with Crippen LogP contribution >= 0.6 is 0 Å². The van der Waals surface area contributed by atoms with Crippen LogP contribution in [0.25, 0.3) is 55.6 Å². The van der Waals surface area contributed by atoms with E-state index in [0.717, 1.165) is 33.4 Å². The van der Waals surface area contributed by atoms with Gasteiger partial charge in [0.1, 0.15) is 12.7 Å². The smallest absolute Gasteiger partial charge is 0.115 e. The minimum atomic E-state index is 0.166. The molecule has 202 valence electrons. The summed E-state index contributed by atoms with van der Waals surface area (Å²) in [7, 11) is 0. The highest BCUT2D eigenvalue weighted by Gasteiger charge is 2.44. The Morgan fingerprint density at radius 2 is 0.952 bits per heavy atom. The molecule has 1 fully saturated rings. The molecule has 42 heavy (non-hydrogen) atoms. The van der Waals surface area contributed by atoms with Gasteiger partial charge in [-0.15, -0.1) is 0 Å². The largest absolute Gasteiger partial charge is 0.244 e. The zero-order valence-corrected chi connectivity index (χ0v) is 23.4. The van der Waals surface area contributed by atoms with E-state index in [1.54, 1.807) is 12.7 Å². The molecule has 6 aromatic rings. The van der Waals surface area contributed by atoms with Crippen molar-refractivity contribution in [2.24, 2.45) is 0 Å². The highest BCUT2D eigenvalue weighted by molar-refractivity contribution is 5.93. The second kappa shape index (κ2) is 10.1. The van der Waals surface area contributed by atoms with E-state index >= 15 is 0 Å². The first-order valence-corrected chi connectivity index (χ1v) is 14.8. The molecule has 0 radical (unpaired) electrons. The van der Waals surface area contributed by atoms with Crippen molar-refractivity contribution in [2.45, 2.75) is 37.5 Å². The molecule has 8 rings (SSSR count). The van der Waals surface area contributed by atoms with Gasteiger partial charge in [0.15, 0.2) is 0 Å². The van der Waals surface area contributed by atoms with Crippen molar-refractivity contribution in [3.8, 4) is 55.6 Å². The lowest BCUT2D eigenvalue weighted by atomic mass is 9.68. The lowest BCUT2D eigenvalue weighted by molar-refractivity contribution is 0.353. The summed E-state index contributed by atoms with van der Waals surface area (Å²) in [4.78, 5) is 17.0. The van der Waals surface area contributed by atoms with Crippen molar-refractivity contribution >= 4 is 0 Å². The zero-order chi connectivity index (χ0) is 27.9. The van der Waals surface area contributed by atoms with E-state index in [1.165, 1.54) is 65.5 Å². The van der Waals surface area contributed by atoms with Gasteiger partial charge in [0.25, 0.3) is 0 Å². The number of fused-ring (bicyclic) bond motifs is 5. The highest BCUT2D eigenvalue weighted by atomic mass is 14.8. The second-order valence-electron chi connectivity index (χ2n) is 11.5. The lowest BCUT2D eigenvalue weighted by Crippen LogP contribution is -2.27. The maximum Gasteiger partial charge on any atom is 0.115 e. The predicted octanol–water partition coefficient (Wildman–Crippen LogP) is 9.17. The SMILES string of the molecule is c1ccc2c(c1)-c1c(-c3ccc(-c4cc(-c5cncnc5)cc(-c5cncnc5)c4)cc3)cccc1C21CCCCC1. The number of nitrogens with zero attached hydrogens (tertiary/aromatic N) is 4. The van der Waals surface area contributed by atoms with Gasteiger partial charge in [0, 0.05) is 41.3 Å². The topological polar surface area (TPSA) is 51.6 Å². The van der Waals surface area contributed by atoms with Crippen LogP contribution in [0.4, 0.5) is 0 Å². The third-order valence-electron chi connectivity index (χ3n) is 9.25. The van der Waals surface area contributed by atoms with Gasteiger partial charge in [-0.2, -0.15) is 0 Å². The minimum Gasteiger partial charge on any atom is -0.244 e. The van der Waals surface area contributed by atoms with Crippen molar-refractivity contribution in [1.29, 1.82) is 0 Å². The van der Waals surface area contributed by atoms with Crippen molar-refractivity contribution in [1.82, 2.24) is 19.9 Å². The lowest BCUT2D eigenvalue weighted by Gasteiger charge is -2.36. The van der Waals surface area contributed by atoms with Crippen LogP contribution in [0.2, 0.25) is 0 Å². The Balaban J connectivity index is 1.23. The van der Waals surface area contributed by atoms with Crippen LogP contribution in [0.5, 0.6) is 0 Å². The van der Waals surface area contributed by atoms with Gasteiger partial charge in [-0.3, -0.25) is 0 Å². The summed E-state index contributed by atoms with van der Waals surface area (Å²) in [5.74, 6) is 0. The summed E-state index contributed by atoms with van der Waals surface area (Å²) in [6, 6.07) is 31.7. The van der Waals surface area contributed by atoms with Gasteiger partial charge in [-0.05, 0) is 86.7 Å². The fourth-order valence-electron chi connectivity index (χ4n) is 7.31.